The maximum Gasteiger partial charge on any atom is 0.326 e. The summed E-state index contributed by atoms with van der Waals surface area (Å²) in [6, 6.07) is 9.98. The number of rotatable bonds is 18. The normalized spacial score (nSPS) is 18.3. The lowest BCUT2D eigenvalue weighted by Crippen LogP contribution is -2.57. The Morgan fingerprint density at radius 1 is 0.961 bits per heavy atom. The van der Waals surface area contributed by atoms with E-state index in [0.717, 1.165) is 17.5 Å². The first kappa shape index (κ1) is 41.5. The van der Waals surface area contributed by atoms with E-state index in [1.54, 1.807) is 45.0 Å². The molecule has 1 saturated heterocycles. The highest BCUT2D eigenvalue weighted by Crippen LogP contribution is 2.44. The molecule has 0 saturated carbocycles. The minimum absolute atomic E-state index is 0.00261. The smallest absolute Gasteiger partial charge is 0.326 e. The predicted molar refractivity (Wildman–Crippen MR) is 196 cm³/mol. The summed E-state index contributed by atoms with van der Waals surface area (Å²) in [7, 11) is 1.50. The number of amides is 3. The van der Waals surface area contributed by atoms with Crippen molar-refractivity contribution in [2.45, 2.75) is 111 Å². The Morgan fingerprint density at radius 3 is 2.18 bits per heavy atom. The fourth-order valence-electron chi connectivity index (χ4n) is 5.70. The molecule has 2 aromatic rings. The van der Waals surface area contributed by atoms with E-state index in [0.29, 0.717) is 22.8 Å². The number of hydrogen-bond acceptors (Lipinski definition) is 7. The Bertz CT molecular complexity index is 1550. The standard InChI is InChI=1S/C39H54ClN3O8/c1-23(33-34(51-33)27-16-13-25(22-44)14-17-27)11-9-10-12-32(45)42-29(20-26-15-18-31(50-8)28(40)19-26)35(46)41-24(2)39(6,7)37(49)43-30(36(47)48)21-38(3,4)5/h10,12-19,23-24,29-30,33-34,44H,9,11,20-22H2,1-8H3,(H,41,46)(H,42,45)(H,43,49)(H,47,48)/b12-10+/t23-,24-,29+,30-,33?,34?/m0/s1. The zero-order valence-corrected chi connectivity index (χ0v) is 31.7. The molecule has 0 aromatic heterocycles. The molecule has 6 atom stereocenters. The van der Waals surface area contributed by atoms with Crippen molar-refractivity contribution >= 4 is 35.3 Å². The number of methoxy groups -OCH3 is 1. The molecule has 2 unspecified atom stereocenters. The van der Waals surface area contributed by atoms with E-state index >= 15 is 0 Å². The van der Waals surface area contributed by atoms with Crippen LogP contribution in [0, 0.1) is 16.7 Å². The van der Waals surface area contributed by atoms with Gasteiger partial charge in [0.2, 0.25) is 17.7 Å². The maximum absolute atomic E-state index is 13.7. The van der Waals surface area contributed by atoms with E-state index in [1.165, 1.54) is 13.2 Å². The molecule has 12 heteroatoms. The number of halogens is 1. The van der Waals surface area contributed by atoms with Gasteiger partial charge in [-0.2, -0.15) is 0 Å². The van der Waals surface area contributed by atoms with Crippen molar-refractivity contribution in [1.29, 1.82) is 0 Å². The van der Waals surface area contributed by atoms with Gasteiger partial charge in [-0.3, -0.25) is 14.4 Å². The van der Waals surface area contributed by atoms with E-state index in [1.807, 2.05) is 45.0 Å². The molecule has 5 N–H and O–H groups in total. The van der Waals surface area contributed by atoms with Crippen molar-refractivity contribution in [3.63, 3.8) is 0 Å². The first-order chi connectivity index (χ1) is 23.9. The molecule has 1 heterocycles. The zero-order valence-electron chi connectivity index (χ0n) is 30.9. The van der Waals surface area contributed by atoms with Gasteiger partial charge in [-0.25, -0.2) is 4.79 Å². The van der Waals surface area contributed by atoms with Gasteiger partial charge in [0.05, 0.1) is 30.3 Å². The summed E-state index contributed by atoms with van der Waals surface area (Å²) in [5, 5.41) is 27.7. The Morgan fingerprint density at radius 2 is 1.61 bits per heavy atom. The second-order valence-corrected chi connectivity index (χ2v) is 15.6. The van der Waals surface area contributed by atoms with E-state index in [9.17, 15) is 29.4 Å². The summed E-state index contributed by atoms with van der Waals surface area (Å²) in [5.74, 6) is -1.90. The van der Waals surface area contributed by atoms with Gasteiger partial charge in [-0.05, 0) is 86.3 Å². The number of nitrogens with one attached hydrogen (secondary N) is 3. The Balaban J connectivity index is 1.64. The van der Waals surface area contributed by atoms with Crippen LogP contribution in [0.2, 0.25) is 5.02 Å². The third-order valence-corrected chi connectivity index (χ3v) is 9.67. The first-order valence-electron chi connectivity index (χ1n) is 17.3. The lowest BCUT2D eigenvalue weighted by atomic mass is 9.82. The molecular weight excluding hydrogens is 674 g/mol. The third-order valence-electron chi connectivity index (χ3n) is 9.37. The summed E-state index contributed by atoms with van der Waals surface area (Å²) in [5.41, 5.74) is 1.07. The molecular formula is C39H54ClN3O8. The lowest BCUT2D eigenvalue weighted by Gasteiger charge is -2.34. The monoisotopic (exact) mass is 727 g/mol. The number of aliphatic hydroxyl groups is 1. The highest BCUT2D eigenvalue weighted by Gasteiger charge is 2.43. The average Bonchev–Trinajstić information content (AvgIpc) is 3.86. The quantitative estimate of drug-likeness (QED) is 0.0990. The molecule has 11 nitrogen and oxygen atoms in total. The van der Waals surface area contributed by atoms with Gasteiger partial charge < -0.3 is 35.6 Å². The van der Waals surface area contributed by atoms with E-state index in [2.05, 4.69) is 22.9 Å². The van der Waals surface area contributed by atoms with Gasteiger partial charge in [0, 0.05) is 12.5 Å². The largest absolute Gasteiger partial charge is 0.495 e. The van der Waals surface area contributed by atoms with Crippen LogP contribution in [0.5, 0.6) is 5.75 Å². The Labute approximate surface area is 306 Å². The molecule has 280 valence electrons. The van der Waals surface area contributed by atoms with Gasteiger partial charge in [-0.1, -0.05) is 75.7 Å². The van der Waals surface area contributed by atoms with Gasteiger partial charge in [0.1, 0.15) is 23.9 Å². The number of carboxylic acids is 1. The number of carboxylic acid groups (broad SMARTS) is 1. The number of allylic oxidation sites excluding steroid dienone is 1. The Hall–Kier alpha value is -3.93. The highest BCUT2D eigenvalue weighted by molar-refractivity contribution is 6.32. The fraction of sp³-hybridized carbons (Fsp3) is 0.538. The molecule has 0 spiro atoms. The molecule has 1 aliphatic rings. The summed E-state index contributed by atoms with van der Waals surface area (Å²) in [6.45, 7) is 12.7. The fourth-order valence-corrected chi connectivity index (χ4v) is 5.98. The molecule has 3 amide bonds. The van der Waals surface area contributed by atoms with Crippen LogP contribution in [0.25, 0.3) is 0 Å². The van der Waals surface area contributed by atoms with Crippen molar-refractivity contribution in [2.75, 3.05) is 7.11 Å². The van der Waals surface area contributed by atoms with Crippen LogP contribution in [-0.4, -0.2) is 65.2 Å². The van der Waals surface area contributed by atoms with Crippen molar-refractivity contribution in [1.82, 2.24) is 16.0 Å². The number of hydrogen-bond donors (Lipinski definition) is 5. The number of epoxide rings is 1. The summed E-state index contributed by atoms with van der Waals surface area (Å²) >= 11 is 6.35. The molecule has 3 rings (SSSR count). The molecule has 51 heavy (non-hydrogen) atoms. The van der Waals surface area contributed by atoms with Crippen LogP contribution in [-0.2, 0) is 36.9 Å². The van der Waals surface area contributed by atoms with E-state index < -0.39 is 47.2 Å². The molecule has 2 aromatic carbocycles. The van der Waals surface area contributed by atoms with Crippen LogP contribution < -0.4 is 20.7 Å². The number of aliphatic hydroxyl groups excluding tert-OH is 1. The van der Waals surface area contributed by atoms with E-state index in [-0.39, 0.29) is 43.0 Å². The summed E-state index contributed by atoms with van der Waals surface area (Å²) < 4.78 is 11.2. The number of aliphatic carboxylic acids is 1. The van der Waals surface area contributed by atoms with Crippen molar-refractivity contribution in [3.05, 3.63) is 76.3 Å². The van der Waals surface area contributed by atoms with Gasteiger partial charge in [-0.15, -0.1) is 0 Å². The van der Waals surface area contributed by atoms with Crippen molar-refractivity contribution in [2.24, 2.45) is 16.7 Å². The van der Waals surface area contributed by atoms with Gasteiger partial charge in [0.15, 0.2) is 0 Å². The van der Waals surface area contributed by atoms with Crippen LogP contribution >= 0.6 is 11.6 Å². The molecule has 0 bridgehead atoms. The van der Waals surface area contributed by atoms with Gasteiger partial charge in [0.25, 0.3) is 0 Å². The first-order valence-corrected chi connectivity index (χ1v) is 17.7. The van der Waals surface area contributed by atoms with Crippen LogP contribution in [0.15, 0.2) is 54.6 Å². The second-order valence-electron chi connectivity index (χ2n) is 15.2. The lowest BCUT2D eigenvalue weighted by molar-refractivity contribution is -0.145. The maximum atomic E-state index is 13.7. The van der Waals surface area contributed by atoms with Crippen molar-refractivity contribution in [3.8, 4) is 5.75 Å². The van der Waals surface area contributed by atoms with Crippen LogP contribution in [0.4, 0.5) is 0 Å². The van der Waals surface area contributed by atoms with Crippen LogP contribution in [0.3, 0.4) is 0 Å². The highest BCUT2D eigenvalue weighted by atomic mass is 35.5. The van der Waals surface area contributed by atoms with E-state index in [4.69, 9.17) is 21.1 Å². The SMILES string of the molecule is COc1ccc(C[C@@H](NC(=O)/C=C/CC[C@H](C)C2OC2c2ccc(CO)cc2)C(=O)N[C@@H](C)C(C)(C)C(=O)N[C@@H](CC(C)(C)C)C(=O)O)cc1Cl. The number of carbonyl (C=O) groups excluding carboxylic acids is 3. The summed E-state index contributed by atoms with van der Waals surface area (Å²) in [6.07, 6.45) is 5.04. The third kappa shape index (κ3) is 12.4. The predicted octanol–water partition coefficient (Wildman–Crippen LogP) is 5.52. The van der Waals surface area contributed by atoms with Crippen LogP contribution in [0.1, 0.15) is 90.5 Å². The molecule has 0 aliphatic carbocycles. The average molecular weight is 728 g/mol. The number of ether oxygens (including phenoxy) is 2. The minimum Gasteiger partial charge on any atom is -0.495 e. The topological polar surface area (TPSA) is 167 Å². The number of carbonyl (C=O) groups is 4. The van der Waals surface area contributed by atoms with Gasteiger partial charge >= 0.3 is 5.97 Å². The Kier molecular flexibility index (Phi) is 14.7. The second kappa shape index (κ2) is 18.0. The summed E-state index contributed by atoms with van der Waals surface area (Å²) in [4.78, 5) is 52.0. The molecule has 0 radical (unpaired) electrons. The molecule has 1 fully saturated rings. The molecule has 1 aliphatic heterocycles. The van der Waals surface area contributed by atoms with Crippen molar-refractivity contribution < 1.29 is 38.9 Å². The zero-order chi connectivity index (χ0) is 38.1. The number of benzene rings is 2. The minimum atomic E-state index is -1.19.